The number of rotatable bonds is 5. The molecule has 3 aromatic rings. The molecule has 0 spiro atoms. The second-order valence-electron chi connectivity index (χ2n) is 6.08. The van der Waals surface area contributed by atoms with Gasteiger partial charge in [-0.3, -0.25) is 4.79 Å². The third-order valence-corrected chi connectivity index (χ3v) is 3.97. The molecule has 138 valence electrons. The molecule has 1 amide bonds. The van der Waals surface area contributed by atoms with E-state index in [2.05, 4.69) is 5.32 Å². The van der Waals surface area contributed by atoms with E-state index in [1.807, 2.05) is 25.1 Å². The van der Waals surface area contributed by atoms with Gasteiger partial charge in [0.1, 0.15) is 23.2 Å². The first-order valence-electron chi connectivity index (χ1n) is 8.39. The minimum absolute atomic E-state index is 0.0939. The Hall–Kier alpha value is -4.11. The smallest absolute Gasteiger partial charge is 0.335 e. The molecule has 0 aliphatic rings. The third kappa shape index (κ3) is 4.34. The highest BCUT2D eigenvalue weighted by Crippen LogP contribution is 2.24. The van der Waals surface area contributed by atoms with Gasteiger partial charge in [-0.15, -0.1) is 0 Å². The van der Waals surface area contributed by atoms with E-state index in [-0.39, 0.29) is 11.1 Å². The predicted molar refractivity (Wildman–Crippen MR) is 105 cm³/mol. The van der Waals surface area contributed by atoms with Crippen LogP contribution in [0.1, 0.15) is 21.7 Å². The number of hydrogen-bond acceptors (Lipinski definition) is 4. The molecule has 0 bridgehead atoms. The van der Waals surface area contributed by atoms with Gasteiger partial charge < -0.3 is 14.8 Å². The molecular weight excluding hydrogens is 356 g/mol. The number of carboxylic acid groups (broad SMARTS) is 1. The summed E-state index contributed by atoms with van der Waals surface area (Å²) in [5.74, 6) is -0.697. The van der Waals surface area contributed by atoms with Crippen molar-refractivity contribution in [2.24, 2.45) is 0 Å². The van der Waals surface area contributed by atoms with Gasteiger partial charge >= 0.3 is 5.97 Å². The molecular formula is C22H16N2O4. The zero-order chi connectivity index (χ0) is 20.1. The van der Waals surface area contributed by atoms with E-state index in [9.17, 15) is 14.9 Å². The van der Waals surface area contributed by atoms with E-state index in [4.69, 9.17) is 9.52 Å². The molecule has 0 aliphatic heterocycles. The summed E-state index contributed by atoms with van der Waals surface area (Å²) in [5, 5.41) is 21.0. The van der Waals surface area contributed by atoms with Crippen molar-refractivity contribution >= 4 is 23.6 Å². The minimum Gasteiger partial charge on any atom is -0.478 e. The molecule has 2 aromatic carbocycles. The number of benzene rings is 2. The summed E-state index contributed by atoms with van der Waals surface area (Å²) in [6.45, 7) is 1.91. The summed E-state index contributed by atoms with van der Waals surface area (Å²) < 4.78 is 5.67. The fourth-order valence-electron chi connectivity index (χ4n) is 2.57. The van der Waals surface area contributed by atoms with Crippen molar-refractivity contribution in [1.82, 2.24) is 0 Å². The molecule has 1 aromatic heterocycles. The van der Waals surface area contributed by atoms with Gasteiger partial charge in [-0.25, -0.2) is 4.79 Å². The molecule has 1 heterocycles. The summed E-state index contributed by atoms with van der Waals surface area (Å²) in [5.41, 5.74) is 2.36. The number of amides is 1. The van der Waals surface area contributed by atoms with Crippen molar-refractivity contribution in [2.45, 2.75) is 6.92 Å². The van der Waals surface area contributed by atoms with Crippen LogP contribution in [0.5, 0.6) is 0 Å². The standard InChI is InChI=1S/C22H16N2O4/c1-14-3-2-4-18(11-14)24-21(25)17(13-23)12-19-9-10-20(28-19)15-5-7-16(8-6-15)22(26)27/h2-12H,1H3,(H,24,25)(H,26,27). The predicted octanol–water partition coefficient (Wildman–Crippen LogP) is 4.50. The van der Waals surface area contributed by atoms with Crippen molar-refractivity contribution in [3.63, 3.8) is 0 Å². The number of hydrogen-bond donors (Lipinski definition) is 2. The molecule has 0 aliphatic carbocycles. The van der Waals surface area contributed by atoms with Crippen LogP contribution in [0.25, 0.3) is 17.4 Å². The van der Waals surface area contributed by atoms with E-state index in [1.54, 1.807) is 36.4 Å². The second kappa shape index (κ2) is 8.06. The lowest BCUT2D eigenvalue weighted by atomic mass is 10.1. The average molecular weight is 372 g/mol. The van der Waals surface area contributed by atoms with Gasteiger partial charge in [0.15, 0.2) is 0 Å². The summed E-state index contributed by atoms with van der Waals surface area (Å²) in [7, 11) is 0. The van der Waals surface area contributed by atoms with Gasteiger partial charge in [0, 0.05) is 17.3 Å². The lowest BCUT2D eigenvalue weighted by Gasteiger charge is -2.04. The number of aromatic carboxylic acids is 1. The topological polar surface area (TPSA) is 103 Å². The van der Waals surface area contributed by atoms with Gasteiger partial charge in [0.05, 0.1) is 5.56 Å². The Balaban J connectivity index is 1.79. The maximum Gasteiger partial charge on any atom is 0.335 e. The molecule has 2 N–H and O–H groups in total. The maximum absolute atomic E-state index is 12.3. The van der Waals surface area contributed by atoms with Gasteiger partial charge in [0.2, 0.25) is 0 Å². The van der Waals surface area contributed by atoms with Crippen LogP contribution in [0.2, 0.25) is 0 Å². The number of nitrogens with zero attached hydrogens (tertiary/aromatic N) is 1. The van der Waals surface area contributed by atoms with Crippen LogP contribution in [0.3, 0.4) is 0 Å². The van der Waals surface area contributed by atoms with Crippen molar-refractivity contribution < 1.29 is 19.1 Å². The summed E-state index contributed by atoms with van der Waals surface area (Å²) in [6, 6.07) is 18.7. The Morgan fingerprint density at radius 2 is 1.86 bits per heavy atom. The molecule has 6 nitrogen and oxygen atoms in total. The van der Waals surface area contributed by atoms with Gasteiger partial charge in [-0.1, -0.05) is 24.3 Å². The number of aryl methyl sites for hydroxylation is 1. The van der Waals surface area contributed by atoms with Crippen LogP contribution in [0.15, 0.2) is 70.7 Å². The van der Waals surface area contributed by atoms with E-state index in [0.717, 1.165) is 5.56 Å². The number of carbonyl (C=O) groups excluding carboxylic acids is 1. The highest BCUT2D eigenvalue weighted by molar-refractivity contribution is 6.09. The fraction of sp³-hybridized carbons (Fsp3) is 0.0455. The molecule has 0 fully saturated rings. The van der Waals surface area contributed by atoms with E-state index in [0.29, 0.717) is 22.8 Å². The molecule has 6 heteroatoms. The van der Waals surface area contributed by atoms with Crippen LogP contribution < -0.4 is 5.32 Å². The van der Waals surface area contributed by atoms with Crippen molar-refractivity contribution in [2.75, 3.05) is 5.32 Å². The number of nitrogens with one attached hydrogen (secondary N) is 1. The third-order valence-electron chi connectivity index (χ3n) is 3.97. The Kier molecular flexibility index (Phi) is 5.38. The van der Waals surface area contributed by atoms with Crippen molar-refractivity contribution in [1.29, 1.82) is 5.26 Å². The molecule has 0 radical (unpaired) electrons. The lowest BCUT2D eigenvalue weighted by molar-refractivity contribution is -0.112. The van der Waals surface area contributed by atoms with Crippen LogP contribution in [-0.2, 0) is 4.79 Å². The largest absolute Gasteiger partial charge is 0.478 e. The fourth-order valence-corrected chi connectivity index (χ4v) is 2.57. The van der Waals surface area contributed by atoms with E-state index < -0.39 is 11.9 Å². The minimum atomic E-state index is -1.01. The van der Waals surface area contributed by atoms with Gasteiger partial charge in [0.25, 0.3) is 5.91 Å². The van der Waals surface area contributed by atoms with Crippen LogP contribution in [-0.4, -0.2) is 17.0 Å². The SMILES string of the molecule is Cc1cccc(NC(=O)C(C#N)=Cc2ccc(-c3ccc(C(=O)O)cc3)o2)c1. The molecule has 0 saturated heterocycles. The number of anilines is 1. The zero-order valence-electron chi connectivity index (χ0n) is 15.0. The van der Waals surface area contributed by atoms with Gasteiger partial charge in [-0.2, -0.15) is 5.26 Å². The molecule has 28 heavy (non-hydrogen) atoms. The highest BCUT2D eigenvalue weighted by atomic mass is 16.4. The molecule has 0 atom stereocenters. The Morgan fingerprint density at radius 3 is 2.50 bits per heavy atom. The number of carbonyl (C=O) groups is 2. The number of furan rings is 1. The monoisotopic (exact) mass is 372 g/mol. The lowest BCUT2D eigenvalue weighted by Crippen LogP contribution is -2.13. The number of nitriles is 1. The van der Waals surface area contributed by atoms with Crippen LogP contribution in [0.4, 0.5) is 5.69 Å². The first-order valence-corrected chi connectivity index (χ1v) is 8.39. The van der Waals surface area contributed by atoms with Crippen LogP contribution in [0, 0.1) is 18.3 Å². The number of carboxylic acids is 1. The Morgan fingerprint density at radius 1 is 1.11 bits per heavy atom. The zero-order valence-corrected chi connectivity index (χ0v) is 15.0. The molecule has 0 saturated carbocycles. The first kappa shape index (κ1) is 18.7. The van der Waals surface area contributed by atoms with E-state index in [1.165, 1.54) is 18.2 Å². The maximum atomic E-state index is 12.3. The van der Waals surface area contributed by atoms with Gasteiger partial charge in [-0.05, 0) is 48.9 Å². The van der Waals surface area contributed by atoms with Crippen molar-refractivity contribution in [3.8, 4) is 17.4 Å². The Labute approximate surface area is 161 Å². The van der Waals surface area contributed by atoms with Crippen molar-refractivity contribution in [3.05, 3.63) is 83.1 Å². The highest BCUT2D eigenvalue weighted by Gasteiger charge is 2.12. The summed E-state index contributed by atoms with van der Waals surface area (Å²) in [4.78, 5) is 23.3. The summed E-state index contributed by atoms with van der Waals surface area (Å²) >= 11 is 0. The Bertz CT molecular complexity index is 1100. The van der Waals surface area contributed by atoms with Crippen LogP contribution >= 0.6 is 0 Å². The quantitative estimate of drug-likeness (QED) is 0.507. The first-order chi connectivity index (χ1) is 13.5. The average Bonchev–Trinajstić information content (AvgIpc) is 3.14. The van der Waals surface area contributed by atoms with E-state index >= 15 is 0 Å². The molecule has 3 rings (SSSR count). The summed E-state index contributed by atoms with van der Waals surface area (Å²) in [6.07, 6.45) is 1.36. The normalized spacial score (nSPS) is 10.9. The second-order valence-corrected chi connectivity index (χ2v) is 6.08. The molecule has 0 unspecified atom stereocenters.